The van der Waals surface area contributed by atoms with Crippen LogP contribution in [0.1, 0.15) is 19.2 Å². The lowest BCUT2D eigenvalue weighted by atomic mass is 10.2. The van der Waals surface area contributed by atoms with Crippen molar-refractivity contribution in [1.82, 2.24) is 19.9 Å². The molecule has 2 N–H and O–H groups in total. The summed E-state index contributed by atoms with van der Waals surface area (Å²) in [6.07, 6.45) is -0.395. The van der Waals surface area contributed by atoms with E-state index in [9.17, 15) is 17.2 Å². The third kappa shape index (κ3) is 3.06. The summed E-state index contributed by atoms with van der Waals surface area (Å²) in [7, 11) is -0.302. The first-order valence-corrected chi connectivity index (χ1v) is 7.64. The molecule has 7 nitrogen and oxygen atoms in total. The Labute approximate surface area is 115 Å². The summed E-state index contributed by atoms with van der Waals surface area (Å²) in [4.78, 5) is 5.69. The van der Waals surface area contributed by atoms with Crippen molar-refractivity contribution >= 4 is 16.0 Å². The van der Waals surface area contributed by atoms with E-state index in [1.54, 1.807) is 19.0 Å². The van der Waals surface area contributed by atoms with Gasteiger partial charge in [-0.3, -0.25) is 5.10 Å². The fourth-order valence-corrected chi connectivity index (χ4v) is 3.43. The van der Waals surface area contributed by atoms with Gasteiger partial charge in [-0.15, -0.1) is 5.10 Å². The average Bonchev–Trinajstić information content (AvgIpc) is 2.65. The third-order valence-electron chi connectivity index (χ3n) is 3.26. The van der Waals surface area contributed by atoms with Crippen molar-refractivity contribution in [2.75, 3.05) is 24.7 Å². The van der Waals surface area contributed by atoms with Crippen LogP contribution in [0.3, 0.4) is 0 Å². The molecule has 1 heterocycles. The van der Waals surface area contributed by atoms with Gasteiger partial charge in [-0.1, -0.05) is 6.92 Å². The van der Waals surface area contributed by atoms with Gasteiger partial charge in [-0.25, -0.2) is 21.9 Å². The minimum absolute atomic E-state index is 0.106. The first-order valence-electron chi connectivity index (χ1n) is 5.98. The molecular formula is C10H17F2N5O2S. The van der Waals surface area contributed by atoms with Gasteiger partial charge in [0, 0.05) is 20.5 Å². The van der Waals surface area contributed by atoms with Crippen molar-refractivity contribution in [2.24, 2.45) is 5.41 Å². The number of aromatic amines is 1. The highest BCUT2D eigenvalue weighted by atomic mass is 32.2. The van der Waals surface area contributed by atoms with Crippen LogP contribution < -0.4 is 9.62 Å². The highest BCUT2D eigenvalue weighted by Crippen LogP contribution is 2.60. The molecule has 0 radical (unpaired) electrons. The summed E-state index contributed by atoms with van der Waals surface area (Å²) in [6, 6.07) is 0. The van der Waals surface area contributed by atoms with Gasteiger partial charge < -0.3 is 4.90 Å². The van der Waals surface area contributed by atoms with Gasteiger partial charge in [-0.2, -0.15) is 4.98 Å². The number of alkyl halides is 2. The topological polar surface area (TPSA) is 91.0 Å². The Hall–Kier alpha value is -1.29. The number of nitrogens with one attached hydrogen (secondary N) is 2. The molecule has 1 fully saturated rings. The van der Waals surface area contributed by atoms with Gasteiger partial charge in [0.15, 0.2) is 0 Å². The lowest BCUT2D eigenvalue weighted by Gasteiger charge is -2.11. The number of H-pyrrole nitrogens is 1. The van der Waals surface area contributed by atoms with Crippen LogP contribution in [-0.2, 0) is 16.6 Å². The molecule has 0 unspecified atom stereocenters. The number of rotatable bonds is 6. The van der Waals surface area contributed by atoms with Gasteiger partial charge in [0.25, 0.3) is 5.92 Å². The number of anilines is 1. The standard InChI is InChI=1S/C10H17F2N5O2S/c1-9(5-10(9,11)12)6-20(18,19)13-4-7-14-8(16-15-7)17(2)3/h13H,4-6H2,1-3H3,(H,14,15,16)/t9-/m1/s1. The van der Waals surface area contributed by atoms with Crippen LogP contribution >= 0.6 is 0 Å². The largest absolute Gasteiger partial charge is 0.346 e. The zero-order valence-corrected chi connectivity index (χ0v) is 12.3. The Morgan fingerprint density at radius 3 is 2.50 bits per heavy atom. The van der Waals surface area contributed by atoms with Gasteiger partial charge in [-0.05, 0) is 0 Å². The lowest BCUT2D eigenvalue weighted by Crippen LogP contribution is -2.31. The van der Waals surface area contributed by atoms with E-state index in [4.69, 9.17) is 0 Å². The lowest BCUT2D eigenvalue weighted by molar-refractivity contribution is 0.0769. The van der Waals surface area contributed by atoms with Crippen molar-refractivity contribution in [3.63, 3.8) is 0 Å². The van der Waals surface area contributed by atoms with Gasteiger partial charge in [0.05, 0.1) is 17.7 Å². The predicted molar refractivity (Wildman–Crippen MR) is 69.0 cm³/mol. The smallest absolute Gasteiger partial charge is 0.255 e. The van der Waals surface area contributed by atoms with E-state index in [1.807, 2.05) is 0 Å². The highest BCUT2D eigenvalue weighted by molar-refractivity contribution is 7.89. The Bertz CT molecular complexity index is 601. The maximum atomic E-state index is 13.0. The van der Waals surface area contributed by atoms with E-state index in [-0.39, 0.29) is 6.54 Å². The fraction of sp³-hybridized carbons (Fsp3) is 0.800. The molecule has 114 valence electrons. The zero-order chi connectivity index (χ0) is 15.2. The molecule has 0 spiro atoms. The van der Waals surface area contributed by atoms with Gasteiger partial charge in [0.2, 0.25) is 16.0 Å². The van der Waals surface area contributed by atoms with E-state index in [2.05, 4.69) is 19.9 Å². The first-order chi connectivity index (χ1) is 9.05. The van der Waals surface area contributed by atoms with E-state index >= 15 is 0 Å². The van der Waals surface area contributed by atoms with Crippen molar-refractivity contribution in [1.29, 1.82) is 0 Å². The molecular weight excluding hydrogens is 292 g/mol. The summed E-state index contributed by atoms with van der Waals surface area (Å²) in [5.74, 6) is -2.75. The monoisotopic (exact) mass is 309 g/mol. The summed E-state index contributed by atoms with van der Waals surface area (Å²) in [5, 5.41) is 6.44. The van der Waals surface area contributed by atoms with E-state index in [0.717, 1.165) is 0 Å². The molecule has 1 aliphatic carbocycles. The molecule has 0 bridgehead atoms. The summed E-state index contributed by atoms with van der Waals surface area (Å²) < 4.78 is 51.9. The van der Waals surface area contributed by atoms with Crippen LogP contribution in [0.2, 0.25) is 0 Å². The SMILES string of the molecule is CN(C)c1n[nH]c(CNS(=O)(=O)C[C@@]2(C)CC2(F)F)n1. The predicted octanol–water partition coefficient (Wildman–Crippen LogP) is 0.335. The molecule has 2 rings (SSSR count). The number of aromatic nitrogens is 3. The molecule has 1 atom stereocenters. The molecule has 0 aromatic carbocycles. The average molecular weight is 309 g/mol. The van der Waals surface area contributed by atoms with Crippen molar-refractivity contribution in [3.05, 3.63) is 5.82 Å². The minimum Gasteiger partial charge on any atom is -0.346 e. The minimum atomic E-state index is -3.79. The van der Waals surface area contributed by atoms with Crippen molar-refractivity contribution in [3.8, 4) is 0 Å². The third-order valence-corrected chi connectivity index (χ3v) is 4.86. The Kier molecular flexibility index (Phi) is 3.49. The molecule has 20 heavy (non-hydrogen) atoms. The van der Waals surface area contributed by atoms with Crippen molar-refractivity contribution < 1.29 is 17.2 Å². The van der Waals surface area contributed by atoms with Crippen LogP contribution in [0.15, 0.2) is 0 Å². The first kappa shape index (κ1) is 15.1. The van der Waals surface area contributed by atoms with Crippen LogP contribution in [0.4, 0.5) is 14.7 Å². The number of halogens is 2. The Morgan fingerprint density at radius 2 is 2.05 bits per heavy atom. The number of sulfonamides is 1. The maximum Gasteiger partial charge on any atom is 0.255 e. The van der Waals surface area contributed by atoms with Crippen LogP contribution in [0, 0.1) is 5.41 Å². The molecule has 1 aromatic rings. The highest BCUT2D eigenvalue weighted by Gasteiger charge is 2.69. The van der Waals surface area contributed by atoms with Crippen LogP contribution in [-0.4, -0.2) is 49.4 Å². The molecule has 1 aliphatic rings. The van der Waals surface area contributed by atoms with Crippen LogP contribution in [0.5, 0.6) is 0 Å². The van der Waals surface area contributed by atoms with Gasteiger partial charge >= 0.3 is 0 Å². The molecule has 10 heteroatoms. The maximum absolute atomic E-state index is 13.0. The summed E-state index contributed by atoms with van der Waals surface area (Å²) in [5.41, 5.74) is -1.46. The van der Waals surface area contributed by atoms with Crippen LogP contribution in [0.25, 0.3) is 0 Å². The second kappa shape index (κ2) is 4.62. The quantitative estimate of drug-likeness (QED) is 0.790. The fourth-order valence-electron chi connectivity index (χ4n) is 1.82. The van der Waals surface area contributed by atoms with E-state index < -0.39 is 33.5 Å². The number of hydrogen-bond donors (Lipinski definition) is 2. The normalized spacial score (nSPS) is 24.6. The van der Waals surface area contributed by atoms with E-state index in [0.29, 0.717) is 11.8 Å². The van der Waals surface area contributed by atoms with E-state index in [1.165, 1.54) is 6.92 Å². The molecule has 0 saturated heterocycles. The Balaban J connectivity index is 1.92. The Morgan fingerprint density at radius 1 is 1.45 bits per heavy atom. The number of nitrogens with zero attached hydrogens (tertiary/aromatic N) is 3. The molecule has 1 saturated carbocycles. The number of hydrogen-bond acceptors (Lipinski definition) is 5. The van der Waals surface area contributed by atoms with Gasteiger partial charge in [0.1, 0.15) is 5.82 Å². The van der Waals surface area contributed by atoms with Crippen molar-refractivity contribution in [2.45, 2.75) is 25.8 Å². The summed E-state index contributed by atoms with van der Waals surface area (Å²) >= 11 is 0. The zero-order valence-electron chi connectivity index (χ0n) is 11.4. The molecule has 0 amide bonds. The summed E-state index contributed by atoms with van der Waals surface area (Å²) in [6.45, 7) is 1.16. The molecule has 1 aromatic heterocycles. The second-order valence-electron chi connectivity index (χ2n) is 5.50. The second-order valence-corrected chi connectivity index (χ2v) is 7.31. The molecule has 0 aliphatic heterocycles.